The Balaban J connectivity index is 2.66. The quantitative estimate of drug-likeness (QED) is 0.416. The molecule has 0 atom stereocenters. The first-order valence-corrected chi connectivity index (χ1v) is 12.2. The fourth-order valence-corrected chi connectivity index (χ4v) is 2.80. The van der Waals surface area contributed by atoms with Crippen molar-refractivity contribution in [2.45, 2.75) is 11.4 Å². The van der Waals surface area contributed by atoms with E-state index in [2.05, 4.69) is 37.7 Å². The van der Waals surface area contributed by atoms with E-state index < -0.39 is 0 Å². The summed E-state index contributed by atoms with van der Waals surface area (Å²) in [5.74, 6) is 0. The predicted molar refractivity (Wildman–Crippen MR) is 39.4 cm³/mol. The summed E-state index contributed by atoms with van der Waals surface area (Å²) in [6.45, 7) is 2.08. The van der Waals surface area contributed by atoms with Crippen molar-refractivity contribution < 1.29 is 0 Å². The molecule has 0 nitrogen and oxygen atoms in total. The van der Waals surface area contributed by atoms with Gasteiger partial charge in [0.2, 0.25) is 0 Å². The third-order valence-electron chi connectivity index (χ3n) is 0.431. The van der Waals surface area contributed by atoms with Crippen molar-refractivity contribution in [2.24, 2.45) is 0 Å². The summed E-state index contributed by atoms with van der Waals surface area (Å²) in [5.41, 5.74) is 0. The van der Waals surface area contributed by atoms with E-state index in [-0.39, 0.29) is 17.2 Å². The van der Waals surface area contributed by atoms with Gasteiger partial charge < -0.3 is 0 Å². The zero-order valence-corrected chi connectivity index (χ0v) is 8.75. The van der Waals surface area contributed by atoms with Crippen LogP contribution in [0.15, 0.2) is 12.2 Å². The number of hydrogen-bond donors (Lipinski definition) is 0. The van der Waals surface area contributed by atoms with Gasteiger partial charge >= 0.3 is 59.3 Å². The molecule has 0 rings (SSSR count). The van der Waals surface area contributed by atoms with Crippen molar-refractivity contribution in [2.75, 3.05) is 0 Å². The molecule has 0 aromatic carbocycles. The van der Waals surface area contributed by atoms with Gasteiger partial charge in [-0.15, -0.1) is 0 Å². The van der Waals surface area contributed by atoms with Gasteiger partial charge in [-0.3, -0.25) is 0 Å². The van der Waals surface area contributed by atoms with Crippen LogP contribution >= 0.6 is 18.6 Å². The van der Waals surface area contributed by atoms with Crippen molar-refractivity contribution >= 4 is 35.8 Å². The van der Waals surface area contributed by atoms with Crippen molar-refractivity contribution in [3.63, 3.8) is 0 Å². The average molecular weight is 301 g/mol. The zero-order chi connectivity index (χ0) is 4.83. The van der Waals surface area contributed by atoms with E-state index >= 15 is 0 Å². The van der Waals surface area contributed by atoms with E-state index in [1.807, 2.05) is 0 Å². The third kappa shape index (κ3) is 5.27. The molecule has 0 aliphatic rings. The van der Waals surface area contributed by atoms with Crippen LogP contribution < -0.4 is 0 Å². The summed E-state index contributed by atoms with van der Waals surface area (Å²) in [6, 6.07) is 0. The Labute approximate surface area is 58.8 Å². The molecule has 0 aromatic heterocycles. The number of allylic oxidation sites excluding steroid dienone is 2. The van der Waals surface area contributed by atoms with Gasteiger partial charge in [-0.25, -0.2) is 0 Å². The Kier molecular flexibility index (Phi) is 7.59. The molecule has 0 N–H and O–H groups in total. The van der Waals surface area contributed by atoms with Crippen LogP contribution in [0.1, 0.15) is 6.92 Å². The van der Waals surface area contributed by atoms with Gasteiger partial charge in [0, 0.05) is 0 Å². The molecule has 0 aliphatic heterocycles. The molecule has 0 unspecified atom stereocenters. The second-order valence-corrected chi connectivity index (χ2v) is 7.95. The molecule has 0 saturated carbocycles. The summed E-state index contributed by atoms with van der Waals surface area (Å²) >= 11 is 2.60. The first-order chi connectivity index (χ1) is 2.91. The summed E-state index contributed by atoms with van der Waals surface area (Å²) in [5, 5.41) is 0. The fraction of sp³-hybridized carbons (Fsp3) is 0.500. The maximum atomic E-state index is 2.53. The molecular weight excluding hydrogens is 294 g/mol. The maximum absolute atomic E-state index is 2.53. The van der Waals surface area contributed by atoms with E-state index in [1.54, 1.807) is 0 Å². The van der Waals surface area contributed by atoms with Crippen LogP contribution in [0.4, 0.5) is 0 Å². The SMILES string of the molecule is C/C=C/[CH2][Sn][I]. The van der Waals surface area contributed by atoms with Crippen LogP contribution in [0.25, 0.3) is 0 Å². The Hall–Kier alpha value is 1.27. The summed E-state index contributed by atoms with van der Waals surface area (Å²) in [6.07, 6.45) is 4.37. The van der Waals surface area contributed by atoms with Crippen molar-refractivity contribution in [1.82, 2.24) is 0 Å². The van der Waals surface area contributed by atoms with Crippen LogP contribution in [0, 0.1) is 0 Å². The van der Waals surface area contributed by atoms with E-state index in [0.717, 1.165) is 0 Å². The molecule has 0 heterocycles. The van der Waals surface area contributed by atoms with Crippen LogP contribution in [-0.2, 0) is 0 Å². The first-order valence-electron chi connectivity index (χ1n) is 1.86. The molecule has 0 amide bonds. The average Bonchev–Trinajstić information content (AvgIpc) is 1.61. The minimum atomic E-state index is 0.0729. The molecule has 0 saturated heterocycles. The zero-order valence-electron chi connectivity index (χ0n) is 3.74. The Morgan fingerprint density at radius 3 is 2.67 bits per heavy atom. The Morgan fingerprint density at radius 2 is 2.50 bits per heavy atom. The molecule has 2 heteroatoms. The van der Waals surface area contributed by atoms with E-state index in [1.165, 1.54) is 4.44 Å². The van der Waals surface area contributed by atoms with Crippen molar-refractivity contribution in [1.29, 1.82) is 0 Å². The van der Waals surface area contributed by atoms with Crippen LogP contribution in [-0.4, -0.2) is 17.2 Å². The van der Waals surface area contributed by atoms with Crippen molar-refractivity contribution in [3.8, 4) is 0 Å². The van der Waals surface area contributed by atoms with Gasteiger partial charge in [0.1, 0.15) is 0 Å². The second kappa shape index (κ2) is 6.27. The van der Waals surface area contributed by atoms with Crippen molar-refractivity contribution in [3.05, 3.63) is 12.2 Å². The van der Waals surface area contributed by atoms with Crippen LogP contribution in [0.3, 0.4) is 0 Å². The monoisotopic (exact) mass is 302 g/mol. The van der Waals surface area contributed by atoms with E-state index in [4.69, 9.17) is 0 Å². The number of halogens is 1. The number of rotatable bonds is 2. The van der Waals surface area contributed by atoms with Gasteiger partial charge in [-0.1, -0.05) is 0 Å². The molecule has 0 aromatic rings. The van der Waals surface area contributed by atoms with Gasteiger partial charge in [0.05, 0.1) is 0 Å². The number of hydrogen-bond acceptors (Lipinski definition) is 0. The first kappa shape index (κ1) is 7.27. The topological polar surface area (TPSA) is 0 Å². The predicted octanol–water partition coefficient (Wildman–Crippen LogP) is 2.04. The summed E-state index contributed by atoms with van der Waals surface area (Å²) in [4.78, 5) is 0. The summed E-state index contributed by atoms with van der Waals surface area (Å²) < 4.78 is 1.39. The molecular formula is C4H7ISn. The van der Waals surface area contributed by atoms with Gasteiger partial charge in [0.15, 0.2) is 0 Å². The molecule has 2 radical (unpaired) electrons. The molecule has 34 valence electrons. The molecule has 0 aliphatic carbocycles. The van der Waals surface area contributed by atoms with Gasteiger partial charge in [0.25, 0.3) is 0 Å². The van der Waals surface area contributed by atoms with Crippen LogP contribution in [0.2, 0.25) is 4.44 Å². The Morgan fingerprint density at radius 1 is 1.83 bits per heavy atom. The summed E-state index contributed by atoms with van der Waals surface area (Å²) in [7, 11) is 0. The van der Waals surface area contributed by atoms with Gasteiger partial charge in [-0.05, 0) is 0 Å². The molecule has 0 fully saturated rings. The van der Waals surface area contributed by atoms with Gasteiger partial charge in [-0.2, -0.15) is 0 Å². The molecule has 0 spiro atoms. The fourth-order valence-electron chi connectivity index (χ4n) is 0.162. The normalized spacial score (nSPS) is 10.3. The van der Waals surface area contributed by atoms with E-state index in [0.29, 0.717) is 0 Å². The molecule has 0 bridgehead atoms. The van der Waals surface area contributed by atoms with Crippen LogP contribution in [0.5, 0.6) is 0 Å². The Bertz CT molecular complexity index is 42.8. The standard InChI is InChI=1S/C4H7.HI.Sn/c1-3-4-2;;/h3-4H,1H2,2H3;1H;/q;;+1/p-1/b4-3+;;. The van der Waals surface area contributed by atoms with E-state index in [9.17, 15) is 0 Å². The third-order valence-corrected chi connectivity index (χ3v) is 4.50. The minimum absolute atomic E-state index is 0.0729. The molecule has 6 heavy (non-hydrogen) atoms. The second-order valence-electron chi connectivity index (χ2n) is 0.907.